The van der Waals surface area contributed by atoms with Gasteiger partial charge in [-0.25, -0.2) is 4.79 Å². The summed E-state index contributed by atoms with van der Waals surface area (Å²) in [5.74, 6) is 1.83. The maximum Gasteiger partial charge on any atom is 0.317 e. The lowest BCUT2D eigenvalue weighted by atomic mass is 10.1. The van der Waals surface area contributed by atoms with Crippen LogP contribution < -0.4 is 16.0 Å². The molecule has 2 saturated heterocycles. The summed E-state index contributed by atoms with van der Waals surface area (Å²) < 4.78 is 0. The Labute approximate surface area is 146 Å². The summed E-state index contributed by atoms with van der Waals surface area (Å²) in [6, 6.07) is 8.24. The molecule has 24 heavy (non-hydrogen) atoms. The topological polar surface area (TPSA) is 78.7 Å². The van der Waals surface area contributed by atoms with Gasteiger partial charge in [0.15, 0.2) is 0 Å². The fourth-order valence-electron chi connectivity index (χ4n) is 3.11. The van der Waals surface area contributed by atoms with Gasteiger partial charge >= 0.3 is 6.03 Å². The number of carbonyl (C=O) groups is 2. The molecule has 2 fully saturated rings. The van der Waals surface area contributed by atoms with Gasteiger partial charge in [-0.15, -0.1) is 0 Å². The normalized spacial score (nSPS) is 20.9. The Bertz CT molecular complexity index is 587. The van der Waals surface area contributed by atoms with E-state index in [2.05, 4.69) is 34.5 Å². The van der Waals surface area contributed by atoms with E-state index < -0.39 is 0 Å². The molecule has 7 heteroatoms. The number of nitrogens with two attached hydrogens (primary N) is 1. The molecular formula is C17H24N4O2S. The largest absolute Gasteiger partial charge is 0.370 e. The number of rotatable bonds is 4. The smallest absolute Gasteiger partial charge is 0.317 e. The lowest BCUT2D eigenvalue weighted by Crippen LogP contribution is -2.39. The average molecular weight is 348 g/mol. The summed E-state index contributed by atoms with van der Waals surface area (Å²) in [5, 5.41) is 2.92. The van der Waals surface area contributed by atoms with Crippen LogP contribution in [-0.2, 0) is 11.3 Å². The number of nitrogens with one attached hydrogen (secondary N) is 1. The molecule has 3 rings (SSSR count). The summed E-state index contributed by atoms with van der Waals surface area (Å²) in [6.45, 7) is 3.69. The summed E-state index contributed by atoms with van der Waals surface area (Å²) >= 11 is 2.00. The fraction of sp³-hybridized carbons (Fsp3) is 0.529. The third-order valence-electron chi connectivity index (χ3n) is 4.63. The van der Waals surface area contributed by atoms with Crippen molar-refractivity contribution in [3.63, 3.8) is 0 Å². The van der Waals surface area contributed by atoms with Gasteiger partial charge in [-0.1, -0.05) is 12.1 Å². The van der Waals surface area contributed by atoms with Crippen LogP contribution in [0.2, 0.25) is 0 Å². The van der Waals surface area contributed by atoms with Crippen LogP contribution in [0.25, 0.3) is 0 Å². The Kier molecular flexibility index (Phi) is 5.50. The zero-order valence-corrected chi connectivity index (χ0v) is 14.6. The minimum absolute atomic E-state index is 0.129. The first-order valence-corrected chi connectivity index (χ1v) is 9.52. The van der Waals surface area contributed by atoms with Crippen molar-refractivity contribution in [2.75, 3.05) is 42.6 Å². The molecule has 1 aromatic rings. The molecule has 1 atom stereocenters. The Hall–Kier alpha value is -1.89. The van der Waals surface area contributed by atoms with Crippen LogP contribution in [0.15, 0.2) is 24.3 Å². The van der Waals surface area contributed by atoms with Gasteiger partial charge in [-0.05, 0) is 24.1 Å². The number of thioether (sulfide) groups is 1. The number of nitrogens with zero attached hydrogens (tertiary/aromatic N) is 2. The highest BCUT2D eigenvalue weighted by Crippen LogP contribution is 2.20. The first-order chi connectivity index (χ1) is 11.6. The third kappa shape index (κ3) is 4.14. The summed E-state index contributed by atoms with van der Waals surface area (Å²) in [5.41, 5.74) is 7.62. The van der Waals surface area contributed by atoms with E-state index in [1.54, 1.807) is 4.90 Å². The molecule has 6 nitrogen and oxygen atoms in total. The number of hydrogen-bond acceptors (Lipinski definition) is 4. The number of anilines is 1. The molecule has 0 saturated carbocycles. The number of benzene rings is 1. The first kappa shape index (κ1) is 17.0. The maximum absolute atomic E-state index is 12.2. The van der Waals surface area contributed by atoms with Gasteiger partial charge in [0.1, 0.15) is 0 Å². The van der Waals surface area contributed by atoms with Crippen LogP contribution in [0.5, 0.6) is 0 Å². The van der Waals surface area contributed by atoms with Crippen molar-refractivity contribution in [2.24, 2.45) is 11.7 Å². The van der Waals surface area contributed by atoms with Crippen molar-refractivity contribution >= 4 is 29.4 Å². The fourth-order valence-corrected chi connectivity index (χ4v) is 4.02. The van der Waals surface area contributed by atoms with Gasteiger partial charge in [0.25, 0.3) is 0 Å². The van der Waals surface area contributed by atoms with E-state index >= 15 is 0 Å². The van der Waals surface area contributed by atoms with E-state index in [0.29, 0.717) is 26.1 Å². The van der Waals surface area contributed by atoms with Crippen molar-refractivity contribution in [3.05, 3.63) is 29.8 Å². The molecule has 2 aliphatic heterocycles. The lowest BCUT2D eigenvalue weighted by molar-refractivity contribution is -0.121. The molecule has 2 heterocycles. The Morgan fingerprint density at radius 3 is 2.50 bits per heavy atom. The first-order valence-electron chi connectivity index (χ1n) is 8.37. The Morgan fingerprint density at radius 1 is 1.17 bits per heavy atom. The van der Waals surface area contributed by atoms with Gasteiger partial charge in [0, 0.05) is 49.9 Å². The summed E-state index contributed by atoms with van der Waals surface area (Å²) in [6.07, 6.45) is 0.658. The van der Waals surface area contributed by atoms with Gasteiger partial charge < -0.3 is 20.9 Å². The molecule has 3 N–H and O–H groups in total. The van der Waals surface area contributed by atoms with Gasteiger partial charge in [-0.2, -0.15) is 11.8 Å². The molecule has 3 amide bonds. The highest BCUT2D eigenvalue weighted by molar-refractivity contribution is 7.99. The van der Waals surface area contributed by atoms with Crippen molar-refractivity contribution < 1.29 is 9.59 Å². The molecule has 0 aliphatic carbocycles. The van der Waals surface area contributed by atoms with E-state index in [4.69, 9.17) is 5.73 Å². The quantitative estimate of drug-likeness (QED) is 0.859. The predicted octanol–water partition coefficient (Wildman–Crippen LogP) is 1.26. The van der Waals surface area contributed by atoms with Crippen LogP contribution in [0.3, 0.4) is 0 Å². The van der Waals surface area contributed by atoms with E-state index in [9.17, 15) is 9.59 Å². The van der Waals surface area contributed by atoms with Crippen LogP contribution in [0.1, 0.15) is 12.0 Å². The van der Waals surface area contributed by atoms with Gasteiger partial charge in [0.05, 0.1) is 5.92 Å². The molecule has 0 bridgehead atoms. The van der Waals surface area contributed by atoms with Crippen LogP contribution in [0.4, 0.5) is 10.5 Å². The minimum Gasteiger partial charge on any atom is -0.370 e. The van der Waals surface area contributed by atoms with Crippen molar-refractivity contribution in [3.8, 4) is 0 Å². The number of likely N-dealkylation sites (tertiary alicyclic amines) is 1. The van der Waals surface area contributed by atoms with Crippen molar-refractivity contribution in [2.45, 2.75) is 13.0 Å². The molecular weight excluding hydrogens is 324 g/mol. The summed E-state index contributed by atoms with van der Waals surface area (Å²) in [4.78, 5) is 27.4. The second kappa shape index (κ2) is 7.79. The molecule has 0 radical (unpaired) electrons. The van der Waals surface area contributed by atoms with E-state index in [1.165, 1.54) is 17.2 Å². The molecule has 0 unspecified atom stereocenters. The zero-order chi connectivity index (χ0) is 16.9. The standard InChI is InChI=1S/C17H24N4O2S/c18-16(22)14-5-6-21(12-14)17(23)19-11-13-1-3-15(4-2-13)20-7-9-24-10-8-20/h1-4,14H,5-12H2,(H2,18,22)(H,19,23)/t14-/m1/s1. The lowest BCUT2D eigenvalue weighted by Gasteiger charge is -2.28. The highest BCUT2D eigenvalue weighted by atomic mass is 32.2. The van der Waals surface area contributed by atoms with Crippen LogP contribution in [0, 0.1) is 5.92 Å². The van der Waals surface area contributed by atoms with Crippen molar-refractivity contribution in [1.82, 2.24) is 10.2 Å². The number of urea groups is 1. The molecule has 2 aliphatic rings. The van der Waals surface area contributed by atoms with Gasteiger partial charge in [-0.3, -0.25) is 4.79 Å². The summed E-state index contributed by atoms with van der Waals surface area (Å²) in [7, 11) is 0. The predicted molar refractivity (Wildman–Crippen MR) is 97.1 cm³/mol. The monoisotopic (exact) mass is 348 g/mol. The van der Waals surface area contributed by atoms with Crippen molar-refractivity contribution in [1.29, 1.82) is 0 Å². The molecule has 0 spiro atoms. The molecule has 1 aromatic carbocycles. The van der Waals surface area contributed by atoms with E-state index in [0.717, 1.165) is 18.7 Å². The number of hydrogen-bond donors (Lipinski definition) is 2. The Morgan fingerprint density at radius 2 is 1.88 bits per heavy atom. The average Bonchev–Trinajstić information content (AvgIpc) is 3.11. The van der Waals surface area contributed by atoms with E-state index in [-0.39, 0.29) is 17.9 Å². The Balaban J connectivity index is 1.48. The number of amides is 3. The second-order valence-corrected chi connectivity index (χ2v) is 7.48. The zero-order valence-electron chi connectivity index (χ0n) is 13.7. The van der Waals surface area contributed by atoms with Crippen LogP contribution >= 0.6 is 11.8 Å². The third-order valence-corrected chi connectivity index (χ3v) is 5.58. The number of primary amides is 1. The maximum atomic E-state index is 12.2. The SMILES string of the molecule is NC(=O)[C@@H]1CCN(C(=O)NCc2ccc(N3CCSCC3)cc2)C1. The van der Waals surface area contributed by atoms with E-state index in [1.807, 2.05) is 11.8 Å². The molecule has 0 aromatic heterocycles. The van der Waals surface area contributed by atoms with Gasteiger partial charge in [0.2, 0.25) is 5.91 Å². The molecule has 130 valence electrons. The second-order valence-electron chi connectivity index (χ2n) is 6.26. The number of carbonyl (C=O) groups excluding carboxylic acids is 2. The minimum atomic E-state index is -0.322. The van der Waals surface area contributed by atoms with Crippen LogP contribution in [-0.4, -0.2) is 54.5 Å². The highest BCUT2D eigenvalue weighted by Gasteiger charge is 2.29.